The van der Waals surface area contributed by atoms with Gasteiger partial charge in [-0.25, -0.2) is 0 Å². The van der Waals surface area contributed by atoms with Crippen molar-refractivity contribution >= 4 is 87.1 Å². The minimum Gasteiger partial charge on any atom is -0.274 e. The van der Waals surface area contributed by atoms with Gasteiger partial charge in [0.25, 0.3) is 0 Å². The van der Waals surface area contributed by atoms with Crippen LogP contribution >= 0.6 is 69.6 Å². The van der Waals surface area contributed by atoms with Crippen LogP contribution < -0.4 is 4.90 Å². The first-order chi connectivity index (χ1) is 13.1. The molecular formula is C19H13Cl6NO2. The number of imide groups is 1. The summed E-state index contributed by atoms with van der Waals surface area (Å²) in [6.45, 7) is 0. The van der Waals surface area contributed by atoms with Crippen molar-refractivity contribution in [1.29, 1.82) is 0 Å². The van der Waals surface area contributed by atoms with E-state index in [1.54, 1.807) is 24.3 Å². The molecule has 3 nitrogen and oxygen atoms in total. The van der Waals surface area contributed by atoms with Crippen molar-refractivity contribution < 1.29 is 9.59 Å². The van der Waals surface area contributed by atoms with Crippen LogP contribution in [-0.2, 0) is 9.59 Å². The highest BCUT2D eigenvalue weighted by Gasteiger charge is 2.83. The number of rotatable bonds is 1. The number of alkyl halides is 4. The summed E-state index contributed by atoms with van der Waals surface area (Å²) in [6, 6.07) is 8.87. The summed E-state index contributed by atoms with van der Waals surface area (Å²) in [6.07, 6.45) is 0.644. The van der Waals surface area contributed by atoms with Crippen molar-refractivity contribution in [2.45, 2.75) is 26.9 Å². The molecule has 148 valence electrons. The maximum Gasteiger partial charge on any atom is 0.237 e. The molecule has 2 bridgehead atoms. The lowest BCUT2D eigenvalue weighted by Gasteiger charge is -2.42. The second-order valence-corrected chi connectivity index (χ2v) is 11.1. The van der Waals surface area contributed by atoms with E-state index in [-0.39, 0.29) is 33.7 Å². The molecule has 1 aromatic rings. The molecule has 9 heteroatoms. The zero-order valence-corrected chi connectivity index (χ0v) is 18.7. The second kappa shape index (κ2) is 5.96. The third-order valence-electron chi connectivity index (χ3n) is 6.84. The van der Waals surface area contributed by atoms with Crippen LogP contribution in [-0.4, -0.2) is 25.9 Å². The number of benzene rings is 1. The first-order valence-corrected chi connectivity index (χ1v) is 11.1. The lowest BCUT2D eigenvalue weighted by molar-refractivity contribution is -0.122. The minimum atomic E-state index is -1.64. The van der Waals surface area contributed by atoms with Gasteiger partial charge in [0, 0.05) is 0 Å². The van der Waals surface area contributed by atoms with E-state index >= 15 is 0 Å². The number of para-hydroxylation sites is 1. The van der Waals surface area contributed by atoms with Gasteiger partial charge in [0.15, 0.2) is 4.33 Å². The van der Waals surface area contributed by atoms with Crippen LogP contribution in [0.25, 0.3) is 0 Å². The third kappa shape index (κ3) is 1.98. The van der Waals surface area contributed by atoms with Crippen LogP contribution in [0.5, 0.6) is 0 Å². The molecule has 3 aliphatic carbocycles. The Kier molecular flexibility index (Phi) is 4.21. The van der Waals surface area contributed by atoms with Gasteiger partial charge in [-0.15, -0.1) is 23.2 Å². The molecule has 1 aliphatic heterocycles. The number of carbonyl (C=O) groups excluding carboxylic acids is 2. The van der Waals surface area contributed by atoms with E-state index in [2.05, 4.69) is 0 Å². The smallest absolute Gasteiger partial charge is 0.237 e. The van der Waals surface area contributed by atoms with Gasteiger partial charge < -0.3 is 0 Å². The number of halogens is 6. The highest BCUT2D eigenvalue weighted by Crippen LogP contribution is 2.79. The molecule has 0 unspecified atom stereocenters. The van der Waals surface area contributed by atoms with Crippen LogP contribution in [0.4, 0.5) is 5.69 Å². The molecule has 0 spiro atoms. The molecule has 2 amide bonds. The van der Waals surface area contributed by atoms with E-state index in [1.165, 1.54) is 4.90 Å². The third-order valence-corrected chi connectivity index (χ3v) is 11.2. The topological polar surface area (TPSA) is 37.4 Å². The highest BCUT2D eigenvalue weighted by molar-refractivity contribution is 6.65. The summed E-state index contributed by atoms with van der Waals surface area (Å²) in [5.41, 5.74) is 0.555. The van der Waals surface area contributed by atoms with E-state index in [1.807, 2.05) is 6.07 Å². The molecule has 0 aromatic heterocycles. The van der Waals surface area contributed by atoms with Crippen molar-refractivity contribution in [3.05, 3.63) is 40.4 Å². The summed E-state index contributed by atoms with van der Waals surface area (Å²) < 4.78 is -1.64. The molecule has 0 radical (unpaired) electrons. The molecule has 3 fully saturated rings. The van der Waals surface area contributed by atoms with Crippen LogP contribution in [0.1, 0.15) is 12.8 Å². The maximum atomic E-state index is 13.1. The quantitative estimate of drug-likeness (QED) is 0.369. The Morgan fingerprint density at radius 1 is 0.786 bits per heavy atom. The Morgan fingerprint density at radius 2 is 1.21 bits per heavy atom. The number of amides is 2. The fourth-order valence-electron chi connectivity index (χ4n) is 5.55. The average molecular weight is 500 g/mol. The summed E-state index contributed by atoms with van der Waals surface area (Å²) in [5, 5.41) is 0.263. The standard InChI is InChI=1S/C19H13Cl6NO2/c20-13-14(21)18(23)12-7-10-9(6-11(12)17(13,22)19(18,24)25)15(27)26(16(10)28)8-4-2-1-3-5-8/h1-5,9-12H,6-7H2/t9-,10-,11+,12+,17-,18-/m0/s1. The van der Waals surface area contributed by atoms with Crippen LogP contribution in [0.15, 0.2) is 40.4 Å². The van der Waals surface area contributed by atoms with Gasteiger partial charge in [0.05, 0.1) is 27.6 Å². The van der Waals surface area contributed by atoms with E-state index in [0.29, 0.717) is 18.5 Å². The number of hydrogen-bond donors (Lipinski definition) is 0. The van der Waals surface area contributed by atoms with Gasteiger partial charge in [0.1, 0.15) is 9.75 Å². The number of fused-ring (bicyclic) bond motifs is 6. The predicted octanol–water partition coefficient (Wildman–Crippen LogP) is 5.66. The summed E-state index contributed by atoms with van der Waals surface area (Å²) in [5.74, 6) is -2.26. The minimum absolute atomic E-state index is 0.132. The van der Waals surface area contributed by atoms with Gasteiger partial charge in [0.2, 0.25) is 11.8 Å². The van der Waals surface area contributed by atoms with E-state index < -0.39 is 25.9 Å². The largest absolute Gasteiger partial charge is 0.274 e. The zero-order valence-electron chi connectivity index (χ0n) is 14.1. The summed E-state index contributed by atoms with van der Waals surface area (Å²) >= 11 is 39.9. The molecule has 6 atom stereocenters. The monoisotopic (exact) mass is 497 g/mol. The second-order valence-electron chi connectivity index (χ2n) is 7.87. The zero-order chi connectivity index (χ0) is 20.2. The fraction of sp³-hybridized carbons (Fsp3) is 0.474. The molecule has 1 saturated heterocycles. The van der Waals surface area contributed by atoms with Gasteiger partial charge >= 0.3 is 0 Å². The van der Waals surface area contributed by atoms with E-state index in [0.717, 1.165) is 0 Å². The molecule has 2 saturated carbocycles. The molecular weight excluding hydrogens is 487 g/mol. The van der Waals surface area contributed by atoms with Crippen molar-refractivity contribution in [3.63, 3.8) is 0 Å². The maximum absolute atomic E-state index is 13.1. The first-order valence-electron chi connectivity index (χ1n) is 8.83. The Morgan fingerprint density at radius 3 is 1.64 bits per heavy atom. The Balaban J connectivity index is 1.58. The van der Waals surface area contributed by atoms with Gasteiger partial charge in [-0.3, -0.25) is 14.5 Å². The number of carbonyl (C=O) groups is 2. The highest BCUT2D eigenvalue weighted by atomic mass is 35.5. The molecule has 1 aromatic carbocycles. The normalized spacial score (nSPS) is 43.6. The number of nitrogens with zero attached hydrogens (tertiary/aromatic N) is 1. The number of anilines is 1. The number of allylic oxidation sites excluding steroid dienone is 2. The Hall–Kier alpha value is -0.160. The molecule has 0 N–H and O–H groups in total. The van der Waals surface area contributed by atoms with Crippen molar-refractivity contribution in [2.75, 3.05) is 4.90 Å². The summed E-state index contributed by atoms with van der Waals surface area (Å²) in [4.78, 5) is 24.7. The lowest BCUT2D eigenvalue weighted by Crippen LogP contribution is -2.44. The van der Waals surface area contributed by atoms with Gasteiger partial charge in [-0.2, -0.15) is 0 Å². The van der Waals surface area contributed by atoms with E-state index in [9.17, 15) is 9.59 Å². The summed E-state index contributed by atoms with van der Waals surface area (Å²) in [7, 11) is 0. The van der Waals surface area contributed by atoms with E-state index in [4.69, 9.17) is 69.6 Å². The Labute approximate surface area is 191 Å². The average Bonchev–Trinajstić information content (AvgIpc) is 3.04. The van der Waals surface area contributed by atoms with Crippen molar-refractivity contribution in [2.24, 2.45) is 23.7 Å². The predicted molar refractivity (Wildman–Crippen MR) is 112 cm³/mol. The van der Waals surface area contributed by atoms with Gasteiger partial charge in [-0.05, 0) is 36.8 Å². The van der Waals surface area contributed by atoms with Crippen LogP contribution in [0, 0.1) is 23.7 Å². The van der Waals surface area contributed by atoms with Crippen molar-refractivity contribution in [3.8, 4) is 0 Å². The lowest BCUT2D eigenvalue weighted by atomic mass is 9.65. The SMILES string of the molecule is O=C1[C@H]2C[C@@H]3[C@@H](C[C@@H]2C(=O)N1c1ccccc1)[C@]1(Cl)C(Cl)=C(Cl)[C@]3(Cl)C1(Cl)Cl. The fourth-order valence-corrected chi connectivity index (χ4v) is 8.66. The van der Waals surface area contributed by atoms with Crippen LogP contribution in [0.2, 0.25) is 0 Å². The Bertz CT molecular complexity index is 895. The number of hydrogen-bond acceptors (Lipinski definition) is 2. The molecule has 4 aliphatic rings. The molecule has 28 heavy (non-hydrogen) atoms. The molecule has 1 heterocycles. The van der Waals surface area contributed by atoms with Crippen LogP contribution in [0.3, 0.4) is 0 Å². The first kappa shape index (κ1) is 19.8. The van der Waals surface area contributed by atoms with Gasteiger partial charge in [-0.1, -0.05) is 64.6 Å². The van der Waals surface area contributed by atoms with Crippen molar-refractivity contribution in [1.82, 2.24) is 0 Å². The molecule has 5 rings (SSSR count).